The molecule has 0 heterocycles. The van der Waals surface area contributed by atoms with Crippen LogP contribution in [-0.2, 0) is 6.42 Å². The third-order valence-electron chi connectivity index (χ3n) is 4.75. The van der Waals surface area contributed by atoms with E-state index in [9.17, 15) is 40.1 Å². The topological polar surface area (TPSA) is 29.5 Å². The van der Waals surface area contributed by atoms with E-state index in [0.717, 1.165) is 12.1 Å². The Morgan fingerprint density at radius 2 is 1.30 bits per heavy atom. The monoisotopic (exact) mass is 430 g/mol. The van der Waals surface area contributed by atoms with E-state index in [1.165, 1.54) is 0 Å². The van der Waals surface area contributed by atoms with E-state index in [2.05, 4.69) is 0 Å². The molecule has 0 radical (unpaired) electrons. The molecule has 2 nitrogen and oxygen atoms in total. The molecule has 30 heavy (non-hydrogen) atoms. The van der Waals surface area contributed by atoms with Crippen molar-refractivity contribution in [1.29, 1.82) is 0 Å². The number of fused-ring (bicyclic) bond motifs is 3. The molecule has 0 aromatic heterocycles. The van der Waals surface area contributed by atoms with E-state index in [1.807, 2.05) is 0 Å². The Morgan fingerprint density at radius 1 is 0.667 bits per heavy atom. The molecule has 0 spiro atoms. The summed E-state index contributed by atoms with van der Waals surface area (Å²) < 4.78 is 116. The van der Waals surface area contributed by atoms with Crippen LogP contribution in [0, 0.1) is 46.5 Å². The summed E-state index contributed by atoms with van der Waals surface area (Å²) in [6.07, 6.45) is -0.438. The molecule has 0 saturated heterocycles. The molecule has 0 atom stereocenters. The van der Waals surface area contributed by atoms with Crippen molar-refractivity contribution in [2.75, 3.05) is 0 Å². The van der Waals surface area contributed by atoms with Crippen molar-refractivity contribution in [2.24, 2.45) is 0 Å². The van der Waals surface area contributed by atoms with Gasteiger partial charge in [-0.15, -0.1) is 0 Å². The Kier molecular flexibility index (Phi) is 4.72. The van der Waals surface area contributed by atoms with Gasteiger partial charge in [0.2, 0.25) is 5.82 Å². The van der Waals surface area contributed by atoms with Gasteiger partial charge in [-0.1, -0.05) is 6.07 Å². The SMILES string of the molecule is OB(Oc1ccc(F)c(F)c1F)c1c(F)c(F)c(F)c2c1Cc1ccc(F)c(F)c1-2. The Balaban J connectivity index is 1.88. The van der Waals surface area contributed by atoms with Crippen LogP contribution in [0.25, 0.3) is 11.1 Å². The van der Waals surface area contributed by atoms with Gasteiger partial charge >= 0.3 is 7.12 Å². The van der Waals surface area contributed by atoms with Gasteiger partial charge in [0.25, 0.3) is 0 Å². The molecule has 3 aromatic rings. The van der Waals surface area contributed by atoms with Crippen molar-refractivity contribution >= 4 is 12.6 Å². The highest BCUT2D eigenvalue weighted by Crippen LogP contribution is 2.41. The highest BCUT2D eigenvalue weighted by Gasteiger charge is 2.39. The summed E-state index contributed by atoms with van der Waals surface area (Å²) in [7, 11) is -2.52. The average Bonchev–Trinajstić information content (AvgIpc) is 3.09. The zero-order chi connectivity index (χ0) is 21.9. The van der Waals surface area contributed by atoms with E-state index >= 15 is 0 Å². The summed E-state index contributed by atoms with van der Waals surface area (Å²) in [5.41, 5.74) is -3.01. The smallest absolute Gasteiger partial charge is 0.530 e. The highest BCUT2D eigenvalue weighted by atomic mass is 19.2. The number of rotatable bonds is 3. The van der Waals surface area contributed by atoms with E-state index in [-0.39, 0.29) is 5.56 Å². The quantitative estimate of drug-likeness (QED) is 0.301. The van der Waals surface area contributed by atoms with Gasteiger partial charge in [-0.25, -0.2) is 30.7 Å². The van der Waals surface area contributed by atoms with Gasteiger partial charge in [0.1, 0.15) is 5.75 Å². The first-order chi connectivity index (χ1) is 14.1. The third kappa shape index (κ3) is 2.84. The summed E-state index contributed by atoms with van der Waals surface area (Å²) >= 11 is 0. The maximum Gasteiger partial charge on any atom is 0.563 e. The Hall–Kier alpha value is -3.08. The molecule has 0 saturated carbocycles. The van der Waals surface area contributed by atoms with Gasteiger partial charge in [0.05, 0.1) is 0 Å². The molecular weight excluding hydrogens is 423 g/mol. The normalized spacial score (nSPS) is 12.0. The van der Waals surface area contributed by atoms with Crippen LogP contribution in [0.3, 0.4) is 0 Å². The molecule has 1 N–H and O–H groups in total. The molecule has 3 aromatic carbocycles. The fourth-order valence-corrected chi connectivity index (χ4v) is 3.40. The van der Waals surface area contributed by atoms with Gasteiger partial charge < -0.3 is 9.68 Å². The summed E-state index contributed by atoms with van der Waals surface area (Å²) in [6.45, 7) is 0. The Labute approximate surface area is 163 Å². The lowest BCUT2D eigenvalue weighted by molar-refractivity contribution is 0.383. The summed E-state index contributed by atoms with van der Waals surface area (Å²) in [6, 6.07) is 2.84. The number of hydrogen-bond acceptors (Lipinski definition) is 2. The van der Waals surface area contributed by atoms with Crippen LogP contribution in [0.15, 0.2) is 24.3 Å². The largest absolute Gasteiger partial charge is 0.563 e. The lowest BCUT2D eigenvalue weighted by Gasteiger charge is -2.16. The van der Waals surface area contributed by atoms with Crippen molar-refractivity contribution in [2.45, 2.75) is 6.42 Å². The Bertz CT molecular complexity index is 1210. The van der Waals surface area contributed by atoms with Crippen LogP contribution in [0.2, 0.25) is 0 Å². The molecule has 4 rings (SSSR count). The molecule has 1 aliphatic rings. The van der Waals surface area contributed by atoms with Crippen LogP contribution in [0.1, 0.15) is 11.1 Å². The van der Waals surface area contributed by atoms with Crippen LogP contribution < -0.4 is 10.1 Å². The van der Waals surface area contributed by atoms with E-state index in [1.54, 1.807) is 0 Å². The zero-order valence-corrected chi connectivity index (χ0v) is 14.5. The molecule has 0 fully saturated rings. The van der Waals surface area contributed by atoms with Crippen molar-refractivity contribution in [3.05, 3.63) is 81.9 Å². The second kappa shape index (κ2) is 7.01. The van der Waals surface area contributed by atoms with Gasteiger partial charge in [0.15, 0.2) is 40.7 Å². The average molecular weight is 430 g/mol. The fourth-order valence-electron chi connectivity index (χ4n) is 3.40. The van der Waals surface area contributed by atoms with Crippen molar-refractivity contribution < 1.29 is 44.8 Å². The minimum Gasteiger partial charge on any atom is -0.530 e. The maximum absolute atomic E-state index is 14.5. The summed E-state index contributed by atoms with van der Waals surface area (Å²) in [5.74, 6) is -15.2. The molecule has 154 valence electrons. The first-order valence-corrected chi connectivity index (χ1v) is 8.28. The molecule has 0 bridgehead atoms. The predicted molar refractivity (Wildman–Crippen MR) is 89.0 cm³/mol. The van der Waals surface area contributed by atoms with E-state index in [0.29, 0.717) is 12.1 Å². The van der Waals surface area contributed by atoms with Crippen LogP contribution in [0.5, 0.6) is 5.75 Å². The molecule has 11 heteroatoms. The van der Waals surface area contributed by atoms with Crippen molar-refractivity contribution in [3.8, 4) is 16.9 Å². The highest BCUT2D eigenvalue weighted by molar-refractivity contribution is 6.61. The van der Waals surface area contributed by atoms with Gasteiger partial charge in [-0.2, -0.15) is 4.39 Å². The second-order valence-corrected chi connectivity index (χ2v) is 6.43. The summed E-state index contributed by atoms with van der Waals surface area (Å²) in [5, 5.41) is 10.2. The Morgan fingerprint density at radius 3 is 2.00 bits per heavy atom. The standard InChI is InChI=1S/C19H7BF8O2/c21-8-2-1-6-5-7-12(11(6)14(8)23)17(26)19(28)18(27)13(7)20(29)30-10-4-3-9(22)15(24)16(10)25/h1-4,29H,5H2. The minimum atomic E-state index is -2.52. The van der Waals surface area contributed by atoms with Gasteiger partial charge in [0, 0.05) is 16.6 Å². The second-order valence-electron chi connectivity index (χ2n) is 6.43. The van der Waals surface area contributed by atoms with Crippen LogP contribution in [-0.4, -0.2) is 12.1 Å². The molecule has 0 unspecified atom stereocenters. The van der Waals surface area contributed by atoms with Crippen LogP contribution >= 0.6 is 0 Å². The van der Waals surface area contributed by atoms with Crippen LogP contribution in [0.4, 0.5) is 35.1 Å². The van der Waals surface area contributed by atoms with E-state index in [4.69, 9.17) is 4.65 Å². The molecular formula is C19H7BF8O2. The zero-order valence-electron chi connectivity index (χ0n) is 14.5. The number of hydrogen-bond donors (Lipinski definition) is 1. The number of halogens is 8. The van der Waals surface area contributed by atoms with Gasteiger partial charge in [-0.05, 0) is 35.7 Å². The third-order valence-corrected chi connectivity index (χ3v) is 4.75. The molecule has 0 amide bonds. The number of benzene rings is 3. The molecule has 1 aliphatic carbocycles. The predicted octanol–water partition coefficient (Wildman–Crippen LogP) is 4.14. The van der Waals surface area contributed by atoms with Gasteiger partial charge in [-0.3, -0.25) is 0 Å². The van der Waals surface area contributed by atoms with Crippen molar-refractivity contribution in [1.82, 2.24) is 0 Å². The van der Waals surface area contributed by atoms with E-state index < -0.39 is 88.0 Å². The summed E-state index contributed by atoms with van der Waals surface area (Å²) in [4.78, 5) is 0. The maximum atomic E-state index is 14.5. The first-order valence-electron chi connectivity index (χ1n) is 8.28. The lowest BCUT2D eigenvalue weighted by atomic mass is 9.74. The minimum absolute atomic E-state index is 0.0275. The van der Waals surface area contributed by atoms with Crippen molar-refractivity contribution in [3.63, 3.8) is 0 Å². The first kappa shape index (κ1) is 20.2. The fraction of sp³-hybridized carbons (Fsp3) is 0.0526. The lowest BCUT2D eigenvalue weighted by Crippen LogP contribution is -2.42. The molecule has 0 aliphatic heterocycles.